The number of hydrogen-bond donors (Lipinski definition) is 1. The molecule has 1 saturated heterocycles. The van der Waals surface area contributed by atoms with Crippen LogP contribution in [-0.4, -0.2) is 44.0 Å². The summed E-state index contributed by atoms with van der Waals surface area (Å²) in [5.74, 6) is -0.268. The van der Waals surface area contributed by atoms with E-state index in [-0.39, 0.29) is 18.2 Å². The maximum atomic E-state index is 12.3. The van der Waals surface area contributed by atoms with Gasteiger partial charge >= 0.3 is 0 Å². The number of carbonyl (C=O) groups is 1. The number of carbonyl (C=O) groups excluding carboxylic acids is 1. The first-order valence-electron chi connectivity index (χ1n) is 7.82. The first-order valence-corrected chi connectivity index (χ1v) is 9.43. The van der Waals surface area contributed by atoms with Crippen molar-refractivity contribution in [3.63, 3.8) is 0 Å². The lowest BCUT2D eigenvalue weighted by molar-refractivity contribution is 0.0956. The van der Waals surface area contributed by atoms with Crippen LogP contribution in [0.25, 0.3) is 0 Å². The molecule has 0 saturated carbocycles. The highest BCUT2D eigenvalue weighted by Gasteiger charge is 2.22. The zero-order valence-electron chi connectivity index (χ0n) is 13.0. The highest BCUT2D eigenvalue weighted by molar-refractivity contribution is 7.89. The minimum atomic E-state index is -3.27. The molecule has 6 heteroatoms. The van der Waals surface area contributed by atoms with E-state index in [0.29, 0.717) is 18.7 Å². The monoisotopic (exact) mass is 324 g/mol. The Morgan fingerprint density at radius 1 is 1.09 bits per heavy atom. The normalized spacial score (nSPS) is 17.0. The molecule has 1 aliphatic heterocycles. The summed E-state index contributed by atoms with van der Waals surface area (Å²) in [6.45, 7) is 3.31. The molecule has 2 rings (SSSR count). The van der Waals surface area contributed by atoms with Gasteiger partial charge in [0.15, 0.2) is 0 Å². The van der Waals surface area contributed by atoms with E-state index in [2.05, 4.69) is 5.32 Å². The van der Waals surface area contributed by atoms with Gasteiger partial charge in [-0.2, -0.15) is 0 Å². The van der Waals surface area contributed by atoms with Gasteiger partial charge in [-0.25, -0.2) is 12.7 Å². The van der Waals surface area contributed by atoms with Crippen LogP contribution in [0.15, 0.2) is 24.3 Å². The predicted molar refractivity (Wildman–Crippen MR) is 87.3 cm³/mol. The summed E-state index contributed by atoms with van der Waals surface area (Å²) in [5.41, 5.74) is 1.64. The Morgan fingerprint density at radius 3 is 2.27 bits per heavy atom. The van der Waals surface area contributed by atoms with Crippen molar-refractivity contribution in [1.29, 1.82) is 0 Å². The Morgan fingerprint density at radius 2 is 1.68 bits per heavy atom. The van der Waals surface area contributed by atoms with Crippen molar-refractivity contribution in [3.8, 4) is 0 Å². The van der Waals surface area contributed by atoms with Gasteiger partial charge in [0.25, 0.3) is 5.91 Å². The van der Waals surface area contributed by atoms with Crippen LogP contribution in [0.4, 0.5) is 0 Å². The van der Waals surface area contributed by atoms with Crippen LogP contribution in [-0.2, 0) is 10.0 Å². The Labute approximate surface area is 132 Å². The molecule has 0 atom stereocenters. The van der Waals surface area contributed by atoms with E-state index in [0.717, 1.165) is 31.2 Å². The topological polar surface area (TPSA) is 66.5 Å². The van der Waals surface area contributed by atoms with Crippen LogP contribution in [0.2, 0.25) is 0 Å². The number of aryl methyl sites for hydroxylation is 1. The first-order chi connectivity index (χ1) is 10.5. The van der Waals surface area contributed by atoms with Crippen molar-refractivity contribution in [2.75, 3.05) is 25.4 Å². The average molecular weight is 324 g/mol. The van der Waals surface area contributed by atoms with Crippen molar-refractivity contribution in [2.45, 2.75) is 32.6 Å². The molecule has 1 heterocycles. The molecule has 0 unspecified atom stereocenters. The molecular formula is C16H24N2O3S. The number of benzene rings is 1. The van der Waals surface area contributed by atoms with E-state index in [1.54, 1.807) is 16.4 Å². The molecule has 0 radical (unpaired) electrons. The number of sulfonamides is 1. The van der Waals surface area contributed by atoms with Gasteiger partial charge in [0, 0.05) is 25.2 Å². The Bertz CT molecular complexity index is 588. The van der Waals surface area contributed by atoms with Gasteiger partial charge in [-0.15, -0.1) is 0 Å². The Hall–Kier alpha value is -1.40. The van der Waals surface area contributed by atoms with E-state index in [4.69, 9.17) is 0 Å². The van der Waals surface area contributed by atoms with E-state index in [1.807, 2.05) is 19.1 Å². The number of amides is 1. The predicted octanol–water partition coefficient (Wildman–Crippen LogP) is 1.93. The maximum Gasteiger partial charge on any atom is 0.251 e. The van der Waals surface area contributed by atoms with Gasteiger partial charge in [0.05, 0.1) is 5.75 Å². The molecule has 5 nitrogen and oxygen atoms in total. The smallest absolute Gasteiger partial charge is 0.251 e. The van der Waals surface area contributed by atoms with Crippen LogP contribution in [0, 0.1) is 6.92 Å². The van der Waals surface area contributed by atoms with Crippen molar-refractivity contribution in [2.24, 2.45) is 0 Å². The second-order valence-electron chi connectivity index (χ2n) is 5.75. The van der Waals surface area contributed by atoms with Crippen LogP contribution >= 0.6 is 0 Å². The molecule has 1 aromatic carbocycles. The first kappa shape index (κ1) is 17.0. The fourth-order valence-corrected chi connectivity index (χ4v) is 3.98. The second-order valence-corrected chi connectivity index (χ2v) is 7.84. The van der Waals surface area contributed by atoms with Gasteiger partial charge in [0.1, 0.15) is 0 Å². The molecule has 1 amide bonds. The zero-order chi connectivity index (χ0) is 16.0. The number of nitrogens with one attached hydrogen (secondary N) is 1. The standard InChI is InChI=1S/C16H24N2O3S/c1-14-6-8-15(9-7-14)16(19)17-10-13-22(20,21)18-11-4-2-3-5-12-18/h6-9H,2-5,10-13H2,1H3,(H,17,19). The molecule has 0 bridgehead atoms. The average Bonchev–Trinajstić information content (AvgIpc) is 2.77. The van der Waals surface area contributed by atoms with Gasteiger partial charge in [0.2, 0.25) is 10.0 Å². The fourth-order valence-electron chi connectivity index (χ4n) is 2.55. The van der Waals surface area contributed by atoms with Crippen molar-refractivity contribution in [1.82, 2.24) is 9.62 Å². The van der Waals surface area contributed by atoms with Gasteiger partial charge in [-0.1, -0.05) is 30.5 Å². The van der Waals surface area contributed by atoms with Gasteiger partial charge in [-0.05, 0) is 31.9 Å². The van der Waals surface area contributed by atoms with Gasteiger partial charge < -0.3 is 5.32 Å². The highest BCUT2D eigenvalue weighted by atomic mass is 32.2. The van der Waals surface area contributed by atoms with Crippen LogP contribution in [0.3, 0.4) is 0 Å². The van der Waals surface area contributed by atoms with Crippen LogP contribution in [0.1, 0.15) is 41.6 Å². The number of nitrogens with zero attached hydrogens (tertiary/aromatic N) is 1. The molecule has 1 aromatic rings. The molecule has 0 aliphatic carbocycles. The molecule has 122 valence electrons. The Balaban J connectivity index is 1.84. The third-order valence-electron chi connectivity index (χ3n) is 3.92. The summed E-state index contributed by atoms with van der Waals surface area (Å²) in [7, 11) is -3.27. The summed E-state index contributed by atoms with van der Waals surface area (Å²) in [6, 6.07) is 7.22. The van der Waals surface area contributed by atoms with Crippen molar-refractivity contribution in [3.05, 3.63) is 35.4 Å². The third kappa shape index (κ3) is 4.81. The van der Waals surface area contributed by atoms with E-state index >= 15 is 0 Å². The summed E-state index contributed by atoms with van der Waals surface area (Å²) in [4.78, 5) is 12.0. The number of rotatable bonds is 5. The lowest BCUT2D eigenvalue weighted by atomic mass is 10.1. The molecule has 0 aromatic heterocycles. The second kappa shape index (κ2) is 7.74. The molecule has 22 heavy (non-hydrogen) atoms. The van der Waals surface area contributed by atoms with Crippen molar-refractivity contribution >= 4 is 15.9 Å². The molecular weight excluding hydrogens is 300 g/mol. The maximum absolute atomic E-state index is 12.3. The van der Waals surface area contributed by atoms with Gasteiger partial charge in [-0.3, -0.25) is 4.79 Å². The zero-order valence-corrected chi connectivity index (χ0v) is 13.9. The largest absolute Gasteiger partial charge is 0.351 e. The SMILES string of the molecule is Cc1ccc(C(=O)NCCS(=O)(=O)N2CCCCCC2)cc1. The molecule has 1 N–H and O–H groups in total. The molecule has 1 aliphatic rings. The third-order valence-corrected chi connectivity index (χ3v) is 5.79. The summed E-state index contributed by atoms with van der Waals surface area (Å²) in [5, 5.41) is 2.68. The summed E-state index contributed by atoms with van der Waals surface area (Å²) in [6.07, 6.45) is 4.04. The highest BCUT2D eigenvalue weighted by Crippen LogP contribution is 2.13. The van der Waals surface area contributed by atoms with Crippen LogP contribution < -0.4 is 5.32 Å². The molecule has 1 fully saturated rings. The Kier molecular flexibility index (Phi) is 5.97. The minimum absolute atomic E-state index is 0.0371. The lowest BCUT2D eigenvalue weighted by Gasteiger charge is -2.19. The van der Waals surface area contributed by atoms with E-state index in [9.17, 15) is 13.2 Å². The molecule has 0 spiro atoms. The summed E-state index contributed by atoms with van der Waals surface area (Å²) < 4.78 is 26.1. The van der Waals surface area contributed by atoms with Crippen LogP contribution in [0.5, 0.6) is 0 Å². The van der Waals surface area contributed by atoms with E-state index in [1.165, 1.54) is 0 Å². The number of hydrogen-bond acceptors (Lipinski definition) is 3. The quantitative estimate of drug-likeness (QED) is 0.900. The van der Waals surface area contributed by atoms with Crippen molar-refractivity contribution < 1.29 is 13.2 Å². The summed E-state index contributed by atoms with van der Waals surface area (Å²) >= 11 is 0. The lowest BCUT2D eigenvalue weighted by Crippen LogP contribution is -2.38. The fraction of sp³-hybridized carbons (Fsp3) is 0.562. The van der Waals surface area contributed by atoms with E-state index < -0.39 is 10.0 Å². The minimum Gasteiger partial charge on any atom is -0.351 e.